The lowest BCUT2D eigenvalue weighted by molar-refractivity contribution is -0.141. The van der Waals surface area contributed by atoms with E-state index in [2.05, 4.69) is 19.9 Å². The van der Waals surface area contributed by atoms with Crippen LogP contribution in [0, 0.1) is 0 Å². The monoisotopic (exact) mass is 283 g/mol. The Labute approximate surface area is 120 Å². The number of piperazine rings is 1. The van der Waals surface area contributed by atoms with Crippen molar-refractivity contribution in [1.82, 2.24) is 15.1 Å². The summed E-state index contributed by atoms with van der Waals surface area (Å²) in [6.07, 6.45) is 3.25. The van der Waals surface area contributed by atoms with Crippen molar-refractivity contribution >= 4 is 11.9 Å². The third-order valence-corrected chi connectivity index (χ3v) is 4.24. The molecule has 2 fully saturated rings. The molecule has 0 saturated carbocycles. The zero-order valence-electron chi connectivity index (χ0n) is 12.3. The van der Waals surface area contributed by atoms with Gasteiger partial charge in [-0.3, -0.25) is 14.5 Å². The fourth-order valence-corrected chi connectivity index (χ4v) is 2.97. The van der Waals surface area contributed by atoms with Crippen LogP contribution in [-0.4, -0.2) is 74.1 Å². The summed E-state index contributed by atoms with van der Waals surface area (Å²) in [5.41, 5.74) is 0. The van der Waals surface area contributed by atoms with Gasteiger partial charge in [0.15, 0.2) is 0 Å². The minimum Gasteiger partial charge on any atom is -0.469 e. The molecule has 0 radical (unpaired) electrons. The topological polar surface area (TPSA) is 61.9 Å². The van der Waals surface area contributed by atoms with Crippen LogP contribution < -0.4 is 5.32 Å². The normalized spacial score (nSPS) is 25.9. The number of methoxy groups -OCH3 is 1. The van der Waals surface area contributed by atoms with Crippen molar-refractivity contribution in [2.45, 2.75) is 31.7 Å². The second-order valence-electron chi connectivity index (χ2n) is 5.55. The van der Waals surface area contributed by atoms with E-state index >= 15 is 0 Å². The van der Waals surface area contributed by atoms with E-state index in [0.717, 1.165) is 52.1 Å². The van der Waals surface area contributed by atoms with Crippen LogP contribution in [0.3, 0.4) is 0 Å². The van der Waals surface area contributed by atoms with Gasteiger partial charge in [-0.2, -0.15) is 0 Å². The fraction of sp³-hybridized carbons (Fsp3) is 0.857. The van der Waals surface area contributed by atoms with Crippen LogP contribution in [0.15, 0.2) is 0 Å². The third-order valence-electron chi connectivity index (χ3n) is 4.24. The summed E-state index contributed by atoms with van der Waals surface area (Å²) >= 11 is 0. The van der Waals surface area contributed by atoms with Gasteiger partial charge in [0, 0.05) is 51.7 Å². The minimum absolute atomic E-state index is 0.145. The fourth-order valence-electron chi connectivity index (χ4n) is 2.97. The number of ether oxygens (including phenoxy) is 1. The number of amides is 1. The van der Waals surface area contributed by atoms with Crippen LogP contribution in [0.2, 0.25) is 0 Å². The Morgan fingerprint density at radius 3 is 2.80 bits per heavy atom. The van der Waals surface area contributed by atoms with Gasteiger partial charge >= 0.3 is 5.97 Å². The van der Waals surface area contributed by atoms with Crippen molar-refractivity contribution in [3.05, 3.63) is 0 Å². The molecule has 0 aromatic carbocycles. The quantitative estimate of drug-likeness (QED) is 0.726. The zero-order chi connectivity index (χ0) is 14.4. The number of carbonyl (C=O) groups excluding carboxylic acids is 2. The molecule has 0 aliphatic carbocycles. The first kappa shape index (κ1) is 15.3. The Kier molecular flexibility index (Phi) is 5.79. The smallest absolute Gasteiger partial charge is 0.306 e. The first-order valence-corrected chi connectivity index (χ1v) is 7.49. The van der Waals surface area contributed by atoms with Crippen LogP contribution in [0.1, 0.15) is 25.7 Å². The standard InChI is InChI=1S/C14H25N3O3/c1-20-14(19)4-6-16-7-9-17(10-8-16)12-3-2-5-15-13(18)11-12/h12H,2-11H2,1H3,(H,15,18). The maximum atomic E-state index is 11.6. The maximum Gasteiger partial charge on any atom is 0.306 e. The molecular weight excluding hydrogens is 258 g/mol. The first-order valence-electron chi connectivity index (χ1n) is 7.49. The van der Waals surface area contributed by atoms with E-state index in [1.54, 1.807) is 0 Å². The highest BCUT2D eigenvalue weighted by molar-refractivity contribution is 5.76. The number of hydrogen-bond acceptors (Lipinski definition) is 5. The average molecular weight is 283 g/mol. The molecule has 2 aliphatic rings. The van der Waals surface area contributed by atoms with Gasteiger partial charge in [-0.25, -0.2) is 0 Å². The molecule has 1 amide bonds. The summed E-state index contributed by atoms with van der Waals surface area (Å²) in [6, 6.07) is 0.389. The highest BCUT2D eigenvalue weighted by atomic mass is 16.5. The predicted octanol–water partition coefficient (Wildman–Crippen LogP) is -0.164. The second-order valence-corrected chi connectivity index (χ2v) is 5.55. The van der Waals surface area contributed by atoms with Gasteiger partial charge in [0.25, 0.3) is 0 Å². The number of hydrogen-bond donors (Lipinski definition) is 1. The van der Waals surface area contributed by atoms with Gasteiger partial charge in [0.05, 0.1) is 13.5 Å². The minimum atomic E-state index is -0.145. The highest BCUT2D eigenvalue weighted by Crippen LogP contribution is 2.16. The summed E-state index contributed by atoms with van der Waals surface area (Å²) in [4.78, 5) is 27.5. The predicted molar refractivity (Wildman–Crippen MR) is 75.3 cm³/mol. The van der Waals surface area contributed by atoms with E-state index in [-0.39, 0.29) is 11.9 Å². The van der Waals surface area contributed by atoms with E-state index < -0.39 is 0 Å². The van der Waals surface area contributed by atoms with Crippen molar-refractivity contribution in [2.75, 3.05) is 46.4 Å². The van der Waals surface area contributed by atoms with Crippen LogP contribution in [0.4, 0.5) is 0 Å². The Morgan fingerprint density at radius 2 is 2.10 bits per heavy atom. The van der Waals surface area contributed by atoms with Gasteiger partial charge in [0.2, 0.25) is 5.91 Å². The largest absolute Gasteiger partial charge is 0.469 e. The third kappa shape index (κ3) is 4.45. The van der Waals surface area contributed by atoms with Crippen molar-refractivity contribution in [2.24, 2.45) is 0 Å². The summed E-state index contributed by atoms with van der Waals surface area (Å²) in [6.45, 7) is 5.49. The van der Waals surface area contributed by atoms with Gasteiger partial charge in [-0.05, 0) is 12.8 Å². The maximum absolute atomic E-state index is 11.6. The molecule has 1 N–H and O–H groups in total. The van der Waals surface area contributed by atoms with E-state index in [9.17, 15) is 9.59 Å². The molecule has 2 saturated heterocycles. The van der Waals surface area contributed by atoms with E-state index in [1.807, 2.05) is 0 Å². The number of nitrogens with zero attached hydrogens (tertiary/aromatic N) is 2. The van der Waals surface area contributed by atoms with E-state index in [0.29, 0.717) is 18.9 Å². The number of esters is 1. The van der Waals surface area contributed by atoms with E-state index in [1.165, 1.54) is 7.11 Å². The molecule has 114 valence electrons. The SMILES string of the molecule is COC(=O)CCN1CCN(C2CCCNC(=O)C2)CC1. The van der Waals surface area contributed by atoms with Crippen molar-refractivity contribution < 1.29 is 14.3 Å². The Hall–Kier alpha value is -1.14. The highest BCUT2D eigenvalue weighted by Gasteiger charge is 2.26. The summed E-state index contributed by atoms with van der Waals surface area (Å²) < 4.78 is 4.66. The molecule has 1 atom stereocenters. The van der Waals surface area contributed by atoms with Crippen molar-refractivity contribution in [3.63, 3.8) is 0 Å². The molecule has 0 spiro atoms. The lowest BCUT2D eigenvalue weighted by Crippen LogP contribution is -2.51. The average Bonchev–Trinajstić information content (AvgIpc) is 2.70. The first-order chi connectivity index (χ1) is 9.69. The van der Waals surface area contributed by atoms with Crippen molar-refractivity contribution in [3.8, 4) is 0 Å². The summed E-state index contributed by atoms with van der Waals surface area (Å²) in [5, 5.41) is 2.93. The molecule has 20 heavy (non-hydrogen) atoms. The Morgan fingerprint density at radius 1 is 1.35 bits per heavy atom. The molecule has 0 bridgehead atoms. The van der Waals surface area contributed by atoms with Crippen LogP contribution >= 0.6 is 0 Å². The molecule has 2 heterocycles. The summed E-state index contributed by atoms with van der Waals surface area (Å²) in [5.74, 6) is 0.0356. The molecule has 0 aromatic rings. The Bertz CT molecular complexity index is 341. The number of nitrogens with one attached hydrogen (secondary N) is 1. The van der Waals surface area contributed by atoms with Crippen LogP contribution in [0.5, 0.6) is 0 Å². The number of carbonyl (C=O) groups is 2. The Balaban J connectivity index is 1.73. The van der Waals surface area contributed by atoms with E-state index in [4.69, 9.17) is 0 Å². The second kappa shape index (κ2) is 7.59. The molecule has 0 aromatic heterocycles. The van der Waals surface area contributed by atoms with Gasteiger partial charge < -0.3 is 15.0 Å². The molecule has 2 rings (SSSR count). The van der Waals surface area contributed by atoms with Crippen molar-refractivity contribution in [1.29, 1.82) is 0 Å². The summed E-state index contributed by atoms with van der Waals surface area (Å²) in [7, 11) is 1.43. The molecule has 1 unspecified atom stereocenters. The molecule has 6 nitrogen and oxygen atoms in total. The van der Waals surface area contributed by atoms with Crippen LogP contribution in [0.25, 0.3) is 0 Å². The number of rotatable bonds is 4. The van der Waals surface area contributed by atoms with Crippen LogP contribution in [-0.2, 0) is 14.3 Å². The molecule has 2 aliphatic heterocycles. The lowest BCUT2D eigenvalue weighted by atomic mass is 10.1. The van der Waals surface area contributed by atoms with Gasteiger partial charge in [-0.1, -0.05) is 0 Å². The van der Waals surface area contributed by atoms with Gasteiger partial charge in [-0.15, -0.1) is 0 Å². The molecule has 6 heteroatoms. The van der Waals surface area contributed by atoms with Gasteiger partial charge in [0.1, 0.15) is 0 Å². The zero-order valence-corrected chi connectivity index (χ0v) is 12.3. The lowest BCUT2D eigenvalue weighted by Gasteiger charge is -2.38. The molecular formula is C14H25N3O3.